The molecule has 19 heavy (non-hydrogen) atoms. The van der Waals surface area contributed by atoms with E-state index in [1.165, 1.54) is 0 Å². The third kappa shape index (κ3) is 3.50. The van der Waals surface area contributed by atoms with Gasteiger partial charge in [0.1, 0.15) is 0 Å². The molecule has 102 valence electrons. The Morgan fingerprint density at radius 3 is 2.68 bits per heavy atom. The number of aromatic nitrogens is 2. The zero-order valence-electron chi connectivity index (χ0n) is 11.0. The molecule has 1 N–H and O–H groups in total. The lowest BCUT2D eigenvalue weighted by Crippen LogP contribution is -2.24. The molecule has 1 heterocycles. The standard InChI is InChI=1S/C14H17Cl2N3/c1-3-18-13(14-8-17-9-19(14)2)7-10-4-5-11(15)12(16)6-10/h4-6,8-9,13,18H,3,7H2,1-2H3. The van der Waals surface area contributed by atoms with Crippen LogP contribution in [0.3, 0.4) is 0 Å². The first-order chi connectivity index (χ1) is 9.11. The molecule has 5 heteroatoms. The summed E-state index contributed by atoms with van der Waals surface area (Å²) in [6.07, 6.45) is 4.56. The van der Waals surface area contributed by atoms with Gasteiger partial charge in [-0.25, -0.2) is 4.98 Å². The molecule has 0 aliphatic heterocycles. The fourth-order valence-corrected chi connectivity index (χ4v) is 2.45. The van der Waals surface area contributed by atoms with Crippen LogP contribution in [0.4, 0.5) is 0 Å². The zero-order valence-corrected chi connectivity index (χ0v) is 12.5. The van der Waals surface area contributed by atoms with Gasteiger partial charge in [-0.1, -0.05) is 36.2 Å². The Kier molecular flexibility index (Phi) is 4.86. The van der Waals surface area contributed by atoms with Gasteiger partial charge in [-0.2, -0.15) is 0 Å². The Morgan fingerprint density at radius 2 is 2.11 bits per heavy atom. The Balaban J connectivity index is 2.21. The van der Waals surface area contributed by atoms with Crippen LogP contribution in [0, 0.1) is 0 Å². The summed E-state index contributed by atoms with van der Waals surface area (Å²) < 4.78 is 2.03. The molecule has 0 spiro atoms. The number of halogens is 2. The lowest BCUT2D eigenvalue weighted by atomic mass is 10.0. The van der Waals surface area contributed by atoms with Crippen molar-refractivity contribution in [2.75, 3.05) is 6.54 Å². The van der Waals surface area contributed by atoms with E-state index in [0.717, 1.165) is 24.2 Å². The van der Waals surface area contributed by atoms with Crippen LogP contribution >= 0.6 is 23.2 Å². The molecule has 1 aromatic carbocycles. The van der Waals surface area contributed by atoms with Crippen molar-refractivity contribution >= 4 is 23.2 Å². The second-order valence-electron chi connectivity index (χ2n) is 4.49. The Hall–Kier alpha value is -1.03. The maximum atomic E-state index is 6.06. The average Bonchev–Trinajstić information content (AvgIpc) is 2.79. The summed E-state index contributed by atoms with van der Waals surface area (Å²) in [5, 5.41) is 4.66. The summed E-state index contributed by atoms with van der Waals surface area (Å²) >= 11 is 12.0. The van der Waals surface area contributed by atoms with Crippen LogP contribution in [0.2, 0.25) is 10.0 Å². The van der Waals surface area contributed by atoms with Crippen LogP contribution in [-0.2, 0) is 13.5 Å². The first-order valence-corrected chi connectivity index (χ1v) is 7.01. The summed E-state index contributed by atoms with van der Waals surface area (Å²) in [5.74, 6) is 0. The molecule has 2 rings (SSSR count). The fraction of sp³-hybridized carbons (Fsp3) is 0.357. The van der Waals surface area contributed by atoms with Crippen molar-refractivity contribution in [2.24, 2.45) is 7.05 Å². The second kappa shape index (κ2) is 6.42. The topological polar surface area (TPSA) is 29.9 Å². The maximum Gasteiger partial charge on any atom is 0.0946 e. The van der Waals surface area contributed by atoms with Crippen LogP contribution in [-0.4, -0.2) is 16.1 Å². The number of imidazole rings is 1. The first kappa shape index (κ1) is 14.4. The van der Waals surface area contributed by atoms with Gasteiger partial charge in [0.25, 0.3) is 0 Å². The predicted molar refractivity (Wildman–Crippen MR) is 79.8 cm³/mol. The first-order valence-electron chi connectivity index (χ1n) is 6.25. The van der Waals surface area contributed by atoms with E-state index in [9.17, 15) is 0 Å². The smallest absolute Gasteiger partial charge is 0.0946 e. The Bertz CT molecular complexity index is 551. The molecule has 0 saturated heterocycles. The van der Waals surface area contributed by atoms with Gasteiger partial charge in [-0.3, -0.25) is 0 Å². The summed E-state index contributed by atoms with van der Waals surface area (Å²) in [4.78, 5) is 4.17. The highest BCUT2D eigenvalue weighted by Gasteiger charge is 2.15. The van der Waals surface area contributed by atoms with E-state index in [2.05, 4.69) is 17.2 Å². The van der Waals surface area contributed by atoms with Gasteiger partial charge >= 0.3 is 0 Å². The largest absolute Gasteiger partial charge is 0.336 e. The number of benzene rings is 1. The number of hydrogen-bond donors (Lipinski definition) is 1. The second-order valence-corrected chi connectivity index (χ2v) is 5.31. The van der Waals surface area contributed by atoms with Gasteiger partial charge in [0.05, 0.1) is 28.1 Å². The molecule has 0 aliphatic rings. The Morgan fingerprint density at radius 1 is 1.32 bits per heavy atom. The molecule has 1 unspecified atom stereocenters. The molecule has 0 amide bonds. The fourth-order valence-electron chi connectivity index (χ4n) is 2.13. The summed E-state index contributed by atoms with van der Waals surface area (Å²) in [7, 11) is 2.00. The van der Waals surface area contributed by atoms with Crippen LogP contribution < -0.4 is 5.32 Å². The number of aryl methyl sites for hydroxylation is 1. The van der Waals surface area contributed by atoms with Crippen LogP contribution in [0.5, 0.6) is 0 Å². The average molecular weight is 298 g/mol. The molecule has 2 aromatic rings. The van der Waals surface area contributed by atoms with Crippen molar-refractivity contribution in [3.8, 4) is 0 Å². The van der Waals surface area contributed by atoms with E-state index in [1.54, 1.807) is 0 Å². The third-order valence-electron chi connectivity index (χ3n) is 3.09. The lowest BCUT2D eigenvalue weighted by Gasteiger charge is -2.18. The molecule has 1 atom stereocenters. The summed E-state index contributed by atoms with van der Waals surface area (Å²) in [5.41, 5.74) is 2.31. The predicted octanol–water partition coefficient (Wildman–Crippen LogP) is 3.62. The van der Waals surface area contributed by atoms with E-state index in [0.29, 0.717) is 10.0 Å². The van der Waals surface area contributed by atoms with Gasteiger partial charge < -0.3 is 9.88 Å². The van der Waals surface area contributed by atoms with Crippen molar-refractivity contribution in [3.63, 3.8) is 0 Å². The summed E-state index contributed by atoms with van der Waals surface area (Å²) in [6.45, 7) is 3.00. The summed E-state index contributed by atoms with van der Waals surface area (Å²) in [6, 6.07) is 5.99. The van der Waals surface area contributed by atoms with Crippen LogP contribution in [0.1, 0.15) is 24.2 Å². The monoisotopic (exact) mass is 297 g/mol. The van der Waals surface area contributed by atoms with Crippen molar-refractivity contribution in [3.05, 3.63) is 52.0 Å². The van der Waals surface area contributed by atoms with Gasteiger partial charge in [0.15, 0.2) is 0 Å². The van der Waals surface area contributed by atoms with Crippen LogP contribution in [0.15, 0.2) is 30.7 Å². The van der Waals surface area contributed by atoms with E-state index in [-0.39, 0.29) is 6.04 Å². The van der Waals surface area contributed by atoms with Gasteiger partial charge in [-0.15, -0.1) is 0 Å². The molecule has 0 bridgehead atoms. The molecular weight excluding hydrogens is 281 g/mol. The number of likely N-dealkylation sites (N-methyl/N-ethyl adjacent to an activating group) is 1. The number of nitrogens with zero attached hydrogens (tertiary/aromatic N) is 2. The normalized spacial score (nSPS) is 12.6. The number of hydrogen-bond acceptors (Lipinski definition) is 2. The highest BCUT2D eigenvalue weighted by Crippen LogP contribution is 2.25. The zero-order chi connectivity index (χ0) is 13.8. The number of nitrogens with one attached hydrogen (secondary N) is 1. The molecular formula is C14H17Cl2N3. The maximum absolute atomic E-state index is 6.06. The molecule has 0 aliphatic carbocycles. The van der Waals surface area contributed by atoms with Crippen molar-refractivity contribution < 1.29 is 0 Å². The number of rotatable bonds is 5. The Labute approximate surface area is 123 Å². The minimum atomic E-state index is 0.217. The highest BCUT2D eigenvalue weighted by atomic mass is 35.5. The van der Waals surface area contributed by atoms with E-state index in [4.69, 9.17) is 23.2 Å². The van der Waals surface area contributed by atoms with Crippen molar-refractivity contribution in [1.82, 2.24) is 14.9 Å². The third-order valence-corrected chi connectivity index (χ3v) is 3.82. The van der Waals surface area contributed by atoms with Gasteiger partial charge in [0.2, 0.25) is 0 Å². The van der Waals surface area contributed by atoms with Gasteiger partial charge in [0, 0.05) is 13.2 Å². The molecule has 1 aromatic heterocycles. The van der Waals surface area contributed by atoms with Gasteiger partial charge in [-0.05, 0) is 30.7 Å². The molecule has 0 radical (unpaired) electrons. The van der Waals surface area contributed by atoms with E-state index < -0.39 is 0 Å². The quantitative estimate of drug-likeness (QED) is 0.913. The van der Waals surface area contributed by atoms with Crippen molar-refractivity contribution in [1.29, 1.82) is 0 Å². The molecule has 0 fully saturated rings. The van der Waals surface area contributed by atoms with Crippen molar-refractivity contribution in [2.45, 2.75) is 19.4 Å². The minimum absolute atomic E-state index is 0.217. The minimum Gasteiger partial charge on any atom is -0.336 e. The van der Waals surface area contributed by atoms with Crippen LogP contribution in [0.25, 0.3) is 0 Å². The highest BCUT2D eigenvalue weighted by molar-refractivity contribution is 6.42. The van der Waals surface area contributed by atoms with E-state index >= 15 is 0 Å². The SMILES string of the molecule is CCNC(Cc1ccc(Cl)c(Cl)c1)c1cncn1C. The van der Waals surface area contributed by atoms with E-state index in [1.807, 2.05) is 42.3 Å². The lowest BCUT2D eigenvalue weighted by molar-refractivity contribution is 0.520. The molecule has 0 saturated carbocycles. The molecule has 3 nitrogen and oxygen atoms in total.